The molecule has 0 saturated carbocycles. The number of ether oxygens (including phenoxy) is 1. The number of benzene rings is 1. The first-order valence-electron chi connectivity index (χ1n) is 9.13. The number of anilines is 1. The van der Waals surface area contributed by atoms with E-state index < -0.39 is 5.91 Å². The highest BCUT2D eigenvalue weighted by Crippen LogP contribution is 2.30. The van der Waals surface area contributed by atoms with E-state index in [9.17, 15) is 9.59 Å². The Balaban J connectivity index is 2.10. The molecule has 0 aliphatic carbocycles. The summed E-state index contributed by atoms with van der Waals surface area (Å²) in [5.74, 6) is -0.0593. The lowest BCUT2D eigenvalue weighted by Gasteiger charge is -2.10. The molecule has 2 heterocycles. The van der Waals surface area contributed by atoms with Crippen molar-refractivity contribution < 1.29 is 14.3 Å². The minimum absolute atomic E-state index is 0.302. The Hall–Kier alpha value is -3.36. The van der Waals surface area contributed by atoms with Crippen molar-refractivity contribution in [2.75, 3.05) is 12.4 Å². The van der Waals surface area contributed by atoms with E-state index in [0.29, 0.717) is 47.1 Å². The van der Waals surface area contributed by atoms with Crippen molar-refractivity contribution in [1.82, 2.24) is 19.3 Å². The van der Waals surface area contributed by atoms with Crippen LogP contribution in [0.15, 0.2) is 18.2 Å². The number of carbonyl (C=O) groups is 2. The van der Waals surface area contributed by atoms with Gasteiger partial charge in [-0.05, 0) is 38.5 Å². The molecule has 1 aromatic carbocycles. The largest absolute Gasteiger partial charge is 0.494 e. The van der Waals surface area contributed by atoms with Gasteiger partial charge in [-0.1, -0.05) is 6.92 Å². The van der Waals surface area contributed by atoms with Gasteiger partial charge >= 0.3 is 0 Å². The number of rotatable bonds is 7. The Bertz CT molecular complexity index is 1050. The summed E-state index contributed by atoms with van der Waals surface area (Å²) in [4.78, 5) is 29.1. The smallest absolute Gasteiger partial charge is 0.276 e. The highest BCUT2D eigenvalue weighted by Gasteiger charge is 2.20. The maximum absolute atomic E-state index is 12.8. The fourth-order valence-corrected chi connectivity index (χ4v) is 3.17. The molecule has 0 radical (unpaired) electrons. The van der Waals surface area contributed by atoms with Crippen LogP contribution < -0.4 is 15.8 Å². The summed E-state index contributed by atoms with van der Waals surface area (Å²) in [6.07, 6.45) is 0.809. The summed E-state index contributed by atoms with van der Waals surface area (Å²) >= 11 is 0. The molecule has 2 amide bonds. The van der Waals surface area contributed by atoms with Crippen LogP contribution >= 0.6 is 0 Å². The zero-order valence-corrected chi connectivity index (χ0v) is 16.4. The SMILES string of the molecule is CCCn1c(NC(=O)c2cc(C)nn2CC)nc2c(OC)cc(C(N)=O)cc21. The summed E-state index contributed by atoms with van der Waals surface area (Å²) in [6.45, 7) is 6.96. The average molecular weight is 384 g/mol. The normalized spacial score (nSPS) is 11.0. The van der Waals surface area contributed by atoms with Crippen LogP contribution in [-0.2, 0) is 13.1 Å². The molecule has 3 rings (SSSR count). The van der Waals surface area contributed by atoms with Gasteiger partial charge in [-0.25, -0.2) is 4.98 Å². The second-order valence-corrected chi connectivity index (χ2v) is 6.44. The number of carbonyl (C=O) groups excluding carboxylic acids is 2. The maximum Gasteiger partial charge on any atom is 0.276 e. The van der Waals surface area contributed by atoms with Crippen LogP contribution in [0, 0.1) is 6.92 Å². The van der Waals surface area contributed by atoms with Crippen LogP contribution in [0.1, 0.15) is 46.8 Å². The predicted octanol–water partition coefficient (Wildman–Crippen LogP) is 2.33. The van der Waals surface area contributed by atoms with Crippen LogP contribution in [0.25, 0.3) is 11.0 Å². The monoisotopic (exact) mass is 384 g/mol. The molecule has 148 valence electrons. The molecular formula is C19H24N6O3. The number of nitrogens with two attached hydrogens (primary N) is 1. The molecule has 28 heavy (non-hydrogen) atoms. The minimum atomic E-state index is -0.558. The lowest BCUT2D eigenvalue weighted by Crippen LogP contribution is -2.20. The van der Waals surface area contributed by atoms with Crippen molar-refractivity contribution in [1.29, 1.82) is 0 Å². The summed E-state index contributed by atoms with van der Waals surface area (Å²) < 4.78 is 8.87. The van der Waals surface area contributed by atoms with Crippen molar-refractivity contribution in [3.8, 4) is 5.75 Å². The third-order valence-electron chi connectivity index (χ3n) is 4.43. The van der Waals surface area contributed by atoms with Crippen molar-refractivity contribution in [2.24, 2.45) is 5.73 Å². The van der Waals surface area contributed by atoms with Gasteiger partial charge in [0.25, 0.3) is 5.91 Å². The highest BCUT2D eigenvalue weighted by atomic mass is 16.5. The molecule has 2 aromatic heterocycles. The predicted molar refractivity (Wildman–Crippen MR) is 106 cm³/mol. The van der Waals surface area contributed by atoms with Crippen LogP contribution in [0.4, 0.5) is 5.95 Å². The van der Waals surface area contributed by atoms with E-state index in [2.05, 4.69) is 15.4 Å². The van der Waals surface area contributed by atoms with Gasteiger partial charge in [-0.15, -0.1) is 0 Å². The van der Waals surface area contributed by atoms with Gasteiger partial charge in [0.2, 0.25) is 11.9 Å². The van der Waals surface area contributed by atoms with E-state index in [1.807, 2.05) is 25.3 Å². The van der Waals surface area contributed by atoms with E-state index >= 15 is 0 Å². The first kappa shape index (κ1) is 19.4. The zero-order valence-electron chi connectivity index (χ0n) is 16.4. The summed E-state index contributed by atoms with van der Waals surface area (Å²) in [7, 11) is 1.50. The fraction of sp³-hybridized carbons (Fsp3) is 0.368. The first-order valence-corrected chi connectivity index (χ1v) is 9.13. The molecule has 0 spiro atoms. The number of amides is 2. The molecular weight excluding hydrogens is 360 g/mol. The van der Waals surface area contributed by atoms with E-state index in [4.69, 9.17) is 10.5 Å². The van der Waals surface area contributed by atoms with E-state index in [1.165, 1.54) is 7.11 Å². The Kier molecular flexibility index (Phi) is 5.34. The molecule has 3 aromatic rings. The first-order chi connectivity index (χ1) is 13.4. The summed E-state index contributed by atoms with van der Waals surface area (Å²) in [6, 6.07) is 4.95. The van der Waals surface area contributed by atoms with Gasteiger partial charge in [0.15, 0.2) is 0 Å². The summed E-state index contributed by atoms with van der Waals surface area (Å²) in [5.41, 5.74) is 8.21. The number of aryl methyl sites for hydroxylation is 3. The highest BCUT2D eigenvalue weighted by molar-refractivity contribution is 6.04. The quantitative estimate of drug-likeness (QED) is 0.648. The second kappa shape index (κ2) is 7.71. The van der Waals surface area contributed by atoms with Gasteiger partial charge < -0.3 is 15.0 Å². The van der Waals surface area contributed by atoms with Crippen LogP contribution in [-0.4, -0.2) is 38.3 Å². The lowest BCUT2D eigenvalue weighted by molar-refractivity contribution is 0.0995. The maximum atomic E-state index is 12.8. The van der Waals surface area contributed by atoms with Crippen LogP contribution in [0.3, 0.4) is 0 Å². The number of fused-ring (bicyclic) bond motifs is 1. The lowest BCUT2D eigenvalue weighted by atomic mass is 10.1. The number of methoxy groups -OCH3 is 1. The molecule has 0 aliphatic rings. The summed E-state index contributed by atoms with van der Waals surface area (Å²) in [5, 5.41) is 7.18. The topological polar surface area (TPSA) is 117 Å². The molecule has 0 unspecified atom stereocenters. The standard InChI is InChI=1S/C19H24N6O3/c1-5-7-24-13-9-12(17(20)26)10-15(28-4)16(13)21-19(24)22-18(27)14-8-11(3)23-25(14)6-2/h8-10H,5-7H2,1-4H3,(H2,20,26)(H,21,22,27). The third kappa shape index (κ3) is 3.42. The minimum Gasteiger partial charge on any atom is -0.494 e. The Morgan fingerprint density at radius 3 is 2.61 bits per heavy atom. The van der Waals surface area contributed by atoms with Crippen LogP contribution in [0.2, 0.25) is 0 Å². The number of hydrogen-bond donors (Lipinski definition) is 2. The molecule has 3 N–H and O–H groups in total. The van der Waals surface area contributed by atoms with E-state index in [-0.39, 0.29) is 5.91 Å². The van der Waals surface area contributed by atoms with E-state index in [1.54, 1.807) is 22.9 Å². The van der Waals surface area contributed by atoms with Gasteiger partial charge in [0.05, 0.1) is 18.3 Å². The second-order valence-electron chi connectivity index (χ2n) is 6.44. The van der Waals surface area contributed by atoms with Crippen molar-refractivity contribution in [3.05, 3.63) is 35.2 Å². The van der Waals surface area contributed by atoms with Gasteiger partial charge in [0.1, 0.15) is 17.0 Å². The number of primary amides is 1. The molecule has 0 atom stereocenters. The van der Waals surface area contributed by atoms with Crippen molar-refractivity contribution >= 4 is 28.8 Å². The van der Waals surface area contributed by atoms with Crippen molar-refractivity contribution in [2.45, 2.75) is 40.3 Å². The number of aromatic nitrogens is 4. The van der Waals surface area contributed by atoms with Gasteiger partial charge in [-0.3, -0.25) is 19.6 Å². The molecule has 9 nitrogen and oxygen atoms in total. The fourth-order valence-electron chi connectivity index (χ4n) is 3.17. The van der Waals surface area contributed by atoms with Gasteiger partial charge in [0, 0.05) is 18.7 Å². The van der Waals surface area contributed by atoms with Crippen molar-refractivity contribution in [3.63, 3.8) is 0 Å². The number of hydrogen-bond acceptors (Lipinski definition) is 5. The Morgan fingerprint density at radius 2 is 2.00 bits per heavy atom. The zero-order chi connectivity index (χ0) is 20.4. The van der Waals surface area contributed by atoms with Crippen LogP contribution in [0.5, 0.6) is 5.75 Å². The molecule has 0 fully saturated rings. The Morgan fingerprint density at radius 1 is 1.25 bits per heavy atom. The van der Waals surface area contributed by atoms with E-state index in [0.717, 1.165) is 12.1 Å². The third-order valence-corrected chi connectivity index (χ3v) is 4.43. The molecule has 0 bridgehead atoms. The number of imidazole rings is 1. The molecule has 0 saturated heterocycles. The van der Waals surface area contributed by atoms with Gasteiger partial charge in [-0.2, -0.15) is 5.10 Å². The Labute approximate surface area is 162 Å². The molecule has 0 aliphatic heterocycles. The number of nitrogens with zero attached hydrogens (tertiary/aromatic N) is 4. The molecule has 9 heteroatoms. The average Bonchev–Trinajstić information content (AvgIpc) is 3.21. The number of nitrogens with one attached hydrogen (secondary N) is 1.